The maximum absolute atomic E-state index is 2.47. The molecule has 0 unspecified atom stereocenters. The maximum atomic E-state index is 2.47. The number of anilines is 1. The first-order valence-corrected chi connectivity index (χ1v) is 8.22. The molecule has 1 heterocycles. The van der Waals surface area contributed by atoms with Crippen LogP contribution in [-0.2, 0) is 6.42 Å². The molecule has 3 aromatic rings. The molecule has 1 saturated heterocycles. The van der Waals surface area contributed by atoms with E-state index in [1.54, 1.807) is 0 Å². The van der Waals surface area contributed by atoms with Crippen LogP contribution in [0.15, 0.2) is 91.0 Å². The fourth-order valence-electron chi connectivity index (χ4n) is 3.29. The van der Waals surface area contributed by atoms with Gasteiger partial charge in [-0.2, -0.15) is 6.42 Å². The van der Waals surface area contributed by atoms with Gasteiger partial charge in [0.2, 0.25) is 0 Å². The molecule has 4 rings (SSSR count). The molecule has 0 aromatic heterocycles. The van der Waals surface area contributed by atoms with Crippen molar-refractivity contribution in [1.29, 1.82) is 0 Å². The van der Waals surface area contributed by atoms with Crippen LogP contribution in [0, 0.1) is 6.04 Å². The van der Waals surface area contributed by atoms with Crippen molar-refractivity contribution in [2.45, 2.75) is 18.9 Å². The third kappa shape index (κ3) is 3.59. The van der Waals surface area contributed by atoms with E-state index in [1.165, 1.54) is 22.9 Å². The van der Waals surface area contributed by atoms with Gasteiger partial charge in [0.25, 0.3) is 0 Å². The molecule has 1 atom stereocenters. The number of nitrogens with zero attached hydrogens (tertiary/aromatic N) is 1. The van der Waals surface area contributed by atoms with E-state index >= 15 is 0 Å². The molecule has 1 aliphatic rings. The fourth-order valence-corrected chi connectivity index (χ4v) is 3.29. The van der Waals surface area contributed by atoms with Crippen LogP contribution < -0.4 is 23.8 Å². The Labute approximate surface area is 156 Å². The van der Waals surface area contributed by atoms with E-state index in [2.05, 4.69) is 95.9 Å². The van der Waals surface area contributed by atoms with E-state index in [0.29, 0.717) is 6.04 Å². The second-order valence-electron chi connectivity index (χ2n) is 6.00. The Morgan fingerprint density at radius 2 is 1.25 bits per heavy atom. The molecule has 0 bridgehead atoms. The first-order valence-electron chi connectivity index (χ1n) is 8.22. The zero-order valence-electron chi connectivity index (χ0n) is 14.1. The summed E-state index contributed by atoms with van der Waals surface area (Å²) in [4.78, 5) is 2.47. The number of benzene rings is 3. The second kappa shape index (κ2) is 7.75. The summed E-state index contributed by atoms with van der Waals surface area (Å²) in [6, 6.07) is 34.2. The van der Waals surface area contributed by atoms with Gasteiger partial charge < -0.3 is 4.90 Å². The van der Waals surface area contributed by atoms with Gasteiger partial charge in [-0.3, -0.25) is 0 Å². The summed E-state index contributed by atoms with van der Waals surface area (Å²) in [5.74, 6) is 0. The van der Waals surface area contributed by atoms with Crippen molar-refractivity contribution in [3.63, 3.8) is 0 Å². The van der Waals surface area contributed by atoms with Crippen LogP contribution in [0.3, 0.4) is 0 Å². The molecule has 0 saturated carbocycles. The Balaban J connectivity index is 0.00000169. The van der Waals surface area contributed by atoms with E-state index in [-0.39, 0.29) is 18.9 Å². The summed E-state index contributed by atoms with van der Waals surface area (Å²) in [5.41, 5.74) is 4.09. The smallest absolute Gasteiger partial charge is 0.534 e. The molecule has 3 aromatic carbocycles. The molecule has 114 valence electrons. The summed E-state index contributed by atoms with van der Waals surface area (Å²) in [5, 5.41) is 0. The van der Waals surface area contributed by atoms with Gasteiger partial charge in [-0.25, -0.2) is 6.04 Å². The van der Waals surface area contributed by atoms with Crippen LogP contribution in [0.25, 0.3) is 0 Å². The predicted octanol–water partition coefficient (Wildman–Crippen LogP) is 2.42. The first kappa shape index (κ1) is 16.9. The van der Waals surface area contributed by atoms with Gasteiger partial charge in [0.1, 0.15) is 0 Å². The van der Waals surface area contributed by atoms with E-state index < -0.39 is 0 Å². The molecule has 0 amide bonds. The van der Waals surface area contributed by atoms with Gasteiger partial charge in [0, 0.05) is 5.69 Å². The summed E-state index contributed by atoms with van der Waals surface area (Å²) in [6.07, 6.45) is 2.21. The van der Waals surface area contributed by atoms with Crippen LogP contribution >= 0.6 is 0 Å². The zero-order valence-corrected chi connectivity index (χ0v) is 14.1. The largest absolute Gasteiger partial charge is 1.00 e. The molecule has 0 aliphatic carbocycles. The SMILES string of the molecule is [Li+].c1ccc(CC[C-]2[C@@H](c3ccccc3)N2c2ccccc2)cc1. The number of hydrogen-bond donors (Lipinski definition) is 0. The van der Waals surface area contributed by atoms with Crippen LogP contribution in [-0.4, -0.2) is 0 Å². The normalized spacial score (nSPS) is 16.5. The van der Waals surface area contributed by atoms with Gasteiger partial charge >= 0.3 is 18.9 Å². The van der Waals surface area contributed by atoms with Crippen molar-refractivity contribution < 1.29 is 18.9 Å². The molecule has 2 heteroatoms. The topological polar surface area (TPSA) is 3.01 Å². The number of aryl methyl sites for hydroxylation is 1. The van der Waals surface area contributed by atoms with Crippen molar-refractivity contribution in [3.8, 4) is 0 Å². The standard InChI is InChI=1S/C22H20N.Li/c1-4-10-18(11-5-1)16-17-21-22(19-12-6-2-7-13-19)23(21)20-14-8-3-9-15-20;/h1-15,22H,16-17H2;/q-1;+1/t22-,23?;/m1./s1. The molecule has 0 radical (unpaired) electrons. The average molecular weight is 305 g/mol. The van der Waals surface area contributed by atoms with Gasteiger partial charge in [0.05, 0.1) is 0 Å². The summed E-state index contributed by atoms with van der Waals surface area (Å²) >= 11 is 0. The van der Waals surface area contributed by atoms with Gasteiger partial charge in [0.15, 0.2) is 0 Å². The molecular weight excluding hydrogens is 285 g/mol. The van der Waals surface area contributed by atoms with E-state index in [1.807, 2.05) is 0 Å². The van der Waals surface area contributed by atoms with Crippen molar-refractivity contribution in [3.05, 3.63) is 108 Å². The van der Waals surface area contributed by atoms with Crippen molar-refractivity contribution in [1.82, 2.24) is 0 Å². The van der Waals surface area contributed by atoms with E-state index in [9.17, 15) is 0 Å². The number of hydrogen-bond acceptors (Lipinski definition) is 1. The Bertz CT molecular complexity index is 697. The third-order valence-corrected chi connectivity index (χ3v) is 4.48. The van der Waals surface area contributed by atoms with Crippen LogP contribution in [0.1, 0.15) is 23.6 Å². The van der Waals surface area contributed by atoms with Crippen LogP contribution in [0.4, 0.5) is 5.69 Å². The third-order valence-electron chi connectivity index (χ3n) is 4.48. The second-order valence-corrected chi connectivity index (χ2v) is 6.00. The van der Waals surface area contributed by atoms with Gasteiger partial charge in [-0.15, -0.1) is 0 Å². The zero-order chi connectivity index (χ0) is 15.5. The maximum Gasteiger partial charge on any atom is 1.00 e. The van der Waals surface area contributed by atoms with Crippen molar-refractivity contribution in [2.24, 2.45) is 0 Å². The average Bonchev–Trinajstić information content (AvgIpc) is 3.37. The summed E-state index contributed by atoms with van der Waals surface area (Å²) < 4.78 is 0. The van der Waals surface area contributed by atoms with Crippen LogP contribution in [0.5, 0.6) is 0 Å². The van der Waals surface area contributed by atoms with Gasteiger partial charge in [-0.1, -0.05) is 102 Å². The minimum atomic E-state index is 0. The Hall–Kier alpha value is -1.94. The van der Waals surface area contributed by atoms with Crippen molar-refractivity contribution in [2.75, 3.05) is 4.90 Å². The van der Waals surface area contributed by atoms with Crippen LogP contribution in [0.2, 0.25) is 0 Å². The first-order chi connectivity index (χ1) is 11.4. The molecule has 1 aliphatic heterocycles. The molecule has 1 nitrogen and oxygen atoms in total. The number of para-hydroxylation sites is 1. The molecule has 1 fully saturated rings. The molecule has 0 spiro atoms. The Morgan fingerprint density at radius 3 is 1.88 bits per heavy atom. The summed E-state index contributed by atoms with van der Waals surface area (Å²) in [6.45, 7) is 0. The fraction of sp³-hybridized carbons (Fsp3) is 0.136. The van der Waals surface area contributed by atoms with Crippen molar-refractivity contribution >= 4 is 5.69 Å². The summed E-state index contributed by atoms with van der Waals surface area (Å²) in [7, 11) is 0. The predicted molar refractivity (Wildman–Crippen MR) is 96.1 cm³/mol. The quantitative estimate of drug-likeness (QED) is 0.397. The molecule has 0 N–H and O–H groups in total. The van der Waals surface area contributed by atoms with Gasteiger partial charge in [-0.05, 0) is 12.1 Å². The monoisotopic (exact) mass is 305 g/mol. The van der Waals surface area contributed by atoms with E-state index in [0.717, 1.165) is 12.8 Å². The van der Waals surface area contributed by atoms with E-state index in [4.69, 9.17) is 0 Å². The Morgan fingerprint density at radius 1 is 0.708 bits per heavy atom. The minimum absolute atomic E-state index is 0. The minimum Gasteiger partial charge on any atom is -0.534 e. The Kier molecular flexibility index (Phi) is 5.46. The molecule has 24 heavy (non-hydrogen) atoms. The molecular formula is C22H20LiN. The number of rotatable bonds is 5.